The Labute approximate surface area is 169 Å². The second-order valence-electron chi connectivity index (χ2n) is 8.79. The van der Waals surface area contributed by atoms with Gasteiger partial charge in [-0.25, -0.2) is 8.42 Å². The van der Waals surface area contributed by atoms with Crippen molar-refractivity contribution in [1.82, 2.24) is 4.31 Å². The van der Waals surface area contributed by atoms with Crippen molar-refractivity contribution in [2.75, 3.05) is 6.54 Å². The van der Waals surface area contributed by atoms with Gasteiger partial charge in [0.2, 0.25) is 10.0 Å². The standard InChI is InChI=1S/C21H28ClNO2SSi/c1-16-5-11-21(12-6-16)26(24,25)23-14-18(13-20(23)15-27(2,3)4)17-7-9-19(22)10-8-17/h5-12,18,20H,13-15H2,1-4H3/t18-,20-/m0/s1. The lowest BCUT2D eigenvalue weighted by atomic mass is 9.97. The molecule has 2 aromatic rings. The Kier molecular flexibility index (Phi) is 5.87. The first-order valence-corrected chi connectivity index (χ1v) is 14.9. The minimum Gasteiger partial charge on any atom is -0.207 e. The van der Waals surface area contributed by atoms with Gasteiger partial charge in [0.1, 0.15) is 0 Å². The second-order valence-corrected chi connectivity index (χ2v) is 16.6. The van der Waals surface area contributed by atoms with Crippen molar-refractivity contribution >= 4 is 29.7 Å². The summed E-state index contributed by atoms with van der Waals surface area (Å²) in [4.78, 5) is 0.394. The van der Waals surface area contributed by atoms with E-state index in [1.54, 1.807) is 16.4 Å². The third-order valence-corrected chi connectivity index (χ3v) is 9.06. The summed E-state index contributed by atoms with van der Waals surface area (Å²) in [7, 11) is -4.92. The topological polar surface area (TPSA) is 37.4 Å². The average molecular weight is 422 g/mol. The molecule has 1 fully saturated rings. The predicted molar refractivity (Wildman–Crippen MR) is 116 cm³/mol. The molecule has 2 atom stereocenters. The van der Waals surface area contributed by atoms with Crippen LogP contribution in [0.15, 0.2) is 53.4 Å². The molecular weight excluding hydrogens is 394 g/mol. The van der Waals surface area contributed by atoms with E-state index >= 15 is 0 Å². The summed E-state index contributed by atoms with van der Waals surface area (Å²) >= 11 is 6.03. The maximum absolute atomic E-state index is 13.4. The van der Waals surface area contributed by atoms with Crippen LogP contribution < -0.4 is 0 Å². The van der Waals surface area contributed by atoms with Gasteiger partial charge in [-0.1, -0.05) is 61.1 Å². The molecule has 1 saturated heterocycles. The molecule has 0 spiro atoms. The third kappa shape index (κ3) is 4.83. The van der Waals surface area contributed by atoms with Crippen molar-refractivity contribution < 1.29 is 8.42 Å². The third-order valence-electron chi connectivity index (χ3n) is 5.18. The summed E-state index contributed by atoms with van der Waals surface area (Å²) in [6.45, 7) is 9.42. The summed E-state index contributed by atoms with van der Waals surface area (Å²) in [6.07, 6.45) is 0.872. The smallest absolute Gasteiger partial charge is 0.207 e. The van der Waals surface area contributed by atoms with Gasteiger partial charge >= 0.3 is 0 Å². The molecule has 3 nitrogen and oxygen atoms in total. The van der Waals surface area contributed by atoms with Gasteiger partial charge in [-0.15, -0.1) is 0 Å². The maximum Gasteiger partial charge on any atom is 0.243 e. The maximum atomic E-state index is 13.4. The first-order chi connectivity index (χ1) is 12.6. The zero-order chi connectivity index (χ0) is 19.8. The monoisotopic (exact) mass is 421 g/mol. The minimum atomic E-state index is -3.50. The van der Waals surface area contributed by atoms with E-state index in [0.717, 1.165) is 18.0 Å². The Hall–Kier alpha value is -1.14. The van der Waals surface area contributed by atoms with Crippen LogP contribution in [0.1, 0.15) is 23.5 Å². The largest absolute Gasteiger partial charge is 0.243 e. The normalized spacial score (nSPS) is 21.5. The van der Waals surface area contributed by atoms with Gasteiger partial charge < -0.3 is 0 Å². The van der Waals surface area contributed by atoms with Gasteiger partial charge in [-0.2, -0.15) is 4.31 Å². The highest BCUT2D eigenvalue weighted by molar-refractivity contribution is 7.89. The predicted octanol–water partition coefficient (Wildman–Crippen LogP) is 5.53. The van der Waals surface area contributed by atoms with Crippen molar-refractivity contribution in [3.05, 3.63) is 64.7 Å². The van der Waals surface area contributed by atoms with Gasteiger partial charge in [0.15, 0.2) is 0 Å². The first kappa shape index (κ1) is 20.6. The molecule has 27 heavy (non-hydrogen) atoms. The lowest BCUT2D eigenvalue weighted by molar-refractivity contribution is 0.405. The molecule has 3 rings (SSSR count). The van der Waals surface area contributed by atoms with Crippen molar-refractivity contribution in [2.45, 2.75) is 55.9 Å². The summed E-state index contributed by atoms with van der Waals surface area (Å²) < 4.78 is 28.5. The van der Waals surface area contributed by atoms with E-state index in [9.17, 15) is 8.42 Å². The molecule has 0 unspecified atom stereocenters. The van der Waals surface area contributed by atoms with E-state index in [4.69, 9.17) is 11.6 Å². The van der Waals surface area contributed by atoms with E-state index in [-0.39, 0.29) is 12.0 Å². The highest BCUT2D eigenvalue weighted by Gasteiger charge is 2.42. The van der Waals surface area contributed by atoms with Crippen LogP contribution in [0.2, 0.25) is 30.7 Å². The summed E-state index contributed by atoms with van der Waals surface area (Å²) in [5, 5.41) is 0.708. The Morgan fingerprint density at radius 2 is 1.63 bits per heavy atom. The number of halogens is 1. The zero-order valence-corrected chi connectivity index (χ0v) is 19.0. The molecule has 6 heteroatoms. The molecule has 0 aliphatic carbocycles. The fraction of sp³-hybridized carbons (Fsp3) is 0.429. The van der Waals surface area contributed by atoms with Crippen LogP contribution in [0.25, 0.3) is 0 Å². The number of benzene rings is 2. The number of hydrogen-bond acceptors (Lipinski definition) is 2. The molecule has 1 aliphatic heterocycles. The second kappa shape index (κ2) is 7.70. The van der Waals surface area contributed by atoms with E-state index < -0.39 is 18.1 Å². The zero-order valence-electron chi connectivity index (χ0n) is 16.4. The van der Waals surface area contributed by atoms with Gasteiger partial charge in [-0.05, 0) is 55.1 Å². The van der Waals surface area contributed by atoms with E-state index in [1.165, 1.54) is 5.56 Å². The molecule has 1 heterocycles. The van der Waals surface area contributed by atoms with E-state index in [2.05, 4.69) is 19.6 Å². The molecule has 0 N–H and O–H groups in total. The van der Waals surface area contributed by atoms with E-state index in [1.807, 2.05) is 43.3 Å². The van der Waals surface area contributed by atoms with Crippen LogP contribution in [-0.4, -0.2) is 33.4 Å². The van der Waals surface area contributed by atoms with Crippen LogP contribution in [0, 0.1) is 6.92 Å². The number of hydrogen-bond donors (Lipinski definition) is 0. The molecule has 146 valence electrons. The van der Waals surface area contributed by atoms with Crippen LogP contribution >= 0.6 is 11.6 Å². The molecule has 0 radical (unpaired) electrons. The molecule has 0 saturated carbocycles. The van der Waals surface area contributed by atoms with Crippen LogP contribution in [0.4, 0.5) is 0 Å². The Balaban J connectivity index is 1.94. The average Bonchev–Trinajstić information content (AvgIpc) is 2.98. The quantitative estimate of drug-likeness (QED) is 0.595. The van der Waals surface area contributed by atoms with Crippen molar-refractivity contribution in [3.8, 4) is 0 Å². The number of nitrogens with zero attached hydrogens (tertiary/aromatic N) is 1. The molecule has 0 bridgehead atoms. The van der Waals surface area contributed by atoms with Gasteiger partial charge in [0, 0.05) is 25.7 Å². The van der Waals surface area contributed by atoms with Crippen LogP contribution in [0.3, 0.4) is 0 Å². The lowest BCUT2D eigenvalue weighted by Gasteiger charge is -2.28. The first-order valence-electron chi connectivity index (χ1n) is 9.40. The molecule has 0 aromatic heterocycles. The number of aryl methyl sites for hydroxylation is 1. The highest BCUT2D eigenvalue weighted by Crippen LogP contribution is 2.39. The van der Waals surface area contributed by atoms with Gasteiger partial charge in [0.05, 0.1) is 4.90 Å². The summed E-state index contributed by atoms with van der Waals surface area (Å²) in [5.74, 6) is 0.212. The van der Waals surface area contributed by atoms with Gasteiger partial charge in [0.25, 0.3) is 0 Å². The highest BCUT2D eigenvalue weighted by atomic mass is 35.5. The number of sulfonamides is 1. The summed E-state index contributed by atoms with van der Waals surface area (Å²) in [6, 6.07) is 16.1. The van der Waals surface area contributed by atoms with Gasteiger partial charge in [-0.3, -0.25) is 0 Å². The lowest BCUT2D eigenvalue weighted by Crippen LogP contribution is -2.40. The van der Waals surface area contributed by atoms with Crippen molar-refractivity contribution in [1.29, 1.82) is 0 Å². The molecule has 0 amide bonds. The Bertz CT molecular complexity index is 889. The van der Waals surface area contributed by atoms with Crippen molar-refractivity contribution in [3.63, 3.8) is 0 Å². The summed E-state index contributed by atoms with van der Waals surface area (Å²) in [5.41, 5.74) is 2.23. The Morgan fingerprint density at radius 3 is 2.19 bits per heavy atom. The molecule has 2 aromatic carbocycles. The molecular formula is C21H28ClNO2SSi. The fourth-order valence-electron chi connectivity index (χ4n) is 3.90. The van der Waals surface area contributed by atoms with Crippen LogP contribution in [0.5, 0.6) is 0 Å². The SMILES string of the molecule is Cc1ccc(S(=O)(=O)N2C[C@@H](c3ccc(Cl)cc3)C[C@H]2C[Si](C)(C)C)cc1. The minimum absolute atomic E-state index is 0.0589. The van der Waals surface area contributed by atoms with Crippen molar-refractivity contribution in [2.24, 2.45) is 0 Å². The number of rotatable bonds is 5. The van der Waals surface area contributed by atoms with E-state index in [0.29, 0.717) is 16.5 Å². The fourth-order valence-corrected chi connectivity index (χ4v) is 7.63. The molecule has 1 aliphatic rings. The Morgan fingerprint density at radius 1 is 1.04 bits per heavy atom. The van der Waals surface area contributed by atoms with Crippen LogP contribution in [-0.2, 0) is 10.0 Å².